The lowest BCUT2D eigenvalue weighted by Gasteiger charge is -1.83. The third kappa shape index (κ3) is 65.9. The van der Waals surface area contributed by atoms with Crippen LogP contribution in [0.25, 0.3) is 0 Å². The number of rotatable bonds is 5. The zero-order valence-electron chi connectivity index (χ0n) is 8.71. The van der Waals surface area contributed by atoms with Gasteiger partial charge in [0.25, 0.3) is 0 Å². The summed E-state index contributed by atoms with van der Waals surface area (Å²) in [6.45, 7) is -0.361. The van der Waals surface area contributed by atoms with Gasteiger partial charge in [0.05, 0.1) is 6.61 Å². The topological polar surface area (TPSA) is 110 Å². The minimum Gasteiger partial charge on any atom is -0.480 e. The Morgan fingerprint density at radius 1 is 1.20 bits per heavy atom. The Kier molecular flexibility index (Phi) is 29.5. The number of carboxylic acid groups (broad SMARTS) is 1. The van der Waals surface area contributed by atoms with E-state index < -0.39 is 5.97 Å². The second kappa shape index (κ2) is 23.0. The van der Waals surface area contributed by atoms with E-state index in [2.05, 4.69) is 9.47 Å². The highest BCUT2D eigenvalue weighted by Crippen LogP contribution is 1.61. The van der Waals surface area contributed by atoms with Crippen molar-refractivity contribution in [2.45, 2.75) is 0 Å². The molecule has 0 spiro atoms. The van der Waals surface area contributed by atoms with Gasteiger partial charge in [-0.1, -0.05) is 0 Å². The number of ether oxygens (including phenoxy) is 2. The van der Waals surface area contributed by atoms with Crippen molar-refractivity contribution in [1.29, 1.82) is 0 Å². The number of methoxy groups -OCH3 is 2. The van der Waals surface area contributed by atoms with Gasteiger partial charge in [0, 0.05) is 14.2 Å². The lowest BCUT2D eigenvalue weighted by Crippen LogP contribution is -2.02. The van der Waals surface area contributed by atoms with Crippen LogP contribution < -0.4 is 0 Å². The minimum atomic E-state index is -0.933. The van der Waals surface area contributed by atoms with E-state index in [1.165, 1.54) is 14.2 Å². The van der Waals surface area contributed by atoms with Crippen LogP contribution in [-0.2, 0) is 23.9 Å². The van der Waals surface area contributed by atoms with E-state index in [0.717, 1.165) is 0 Å². The van der Waals surface area contributed by atoms with Crippen LogP contribution >= 0.6 is 0 Å². The van der Waals surface area contributed by atoms with Crippen molar-refractivity contribution in [3.05, 3.63) is 0 Å². The number of aldehydes is 2. The summed E-state index contributed by atoms with van der Waals surface area (Å²) in [4.78, 5) is 27.7. The van der Waals surface area contributed by atoms with Crippen molar-refractivity contribution in [3.63, 3.8) is 0 Å². The van der Waals surface area contributed by atoms with E-state index in [-0.39, 0.29) is 19.8 Å². The highest BCUT2D eigenvalue weighted by atomic mass is 16.5. The lowest BCUT2D eigenvalue weighted by molar-refractivity contribution is -0.141. The molecule has 15 heavy (non-hydrogen) atoms. The molecule has 90 valence electrons. The zero-order valence-corrected chi connectivity index (χ0v) is 8.71. The first-order valence-electron chi connectivity index (χ1n) is 3.78. The van der Waals surface area contributed by atoms with Crippen LogP contribution in [0.5, 0.6) is 0 Å². The summed E-state index contributed by atoms with van der Waals surface area (Å²) in [5.74, 6) is -0.933. The highest BCUT2D eigenvalue weighted by molar-refractivity contribution is 5.67. The SMILES string of the molecule is COCC(=O)O.COCC=O.O=CCO. The van der Waals surface area contributed by atoms with Gasteiger partial charge in [-0.2, -0.15) is 0 Å². The third-order valence-corrected chi connectivity index (χ3v) is 0.577. The van der Waals surface area contributed by atoms with Crippen molar-refractivity contribution >= 4 is 18.5 Å². The first kappa shape index (κ1) is 19.3. The van der Waals surface area contributed by atoms with E-state index in [0.29, 0.717) is 12.6 Å². The fourth-order valence-electron chi connectivity index (χ4n) is 0.192. The van der Waals surface area contributed by atoms with Crippen LogP contribution in [0, 0.1) is 0 Å². The average Bonchev–Trinajstić information content (AvgIpc) is 2.20. The van der Waals surface area contributed by atoms with Crippen LogP contribution in [-0.4, -0.2) is 62.8 Å². The molecule has 0 rings (SSSR count). The molecule has 0 heterocycles. The predicted molar refractivity (Wildman–Crippen MR) is 50.6 cm³/mol. The maximum absolute atomic E-state index is 9.47. The number of hydrogen-bond acceptors (Lipinski definition) is 6. The quantitative estimate of drug-likeness (QED) is 0.560. The molecule has 0 fully saturated rings. The molecule has 0 bridgehead atoms. The van der Waals surface area contributed by atoms with Gasteiger partial charge in [-0.05, 0) is 0 Å². The summed E-state index contributed by atoms with van der Waals surface area (Å²) < 4.78 is 8.53. The van der Waals surface area contributed by atoms with Gasteiger partial charge < -0.3 is 29.3 Å². The van der Waals surface area contributed by atoms with Crippen LogP contribution in [0.1, 0.15) is 0 Å². The zero-order chi connectivity index (χ0) is 12.5. The Morgan fingerprint density at radius 2 is 1.67 bits per heavy atom. The second-order valence-corrected chi connectivity index (χ2v) is 1.80. The molecule has 0 amide bonds. The second-order valence-electron chi connectivity index (χ2n) is 1.80. The maximum Gasteiger partial charge on any atom is 0.329 e. The number of carbonyl (C=O) groups excluding carboxylic acids is 2. The largest absolute Gasteiger partial charge is 0.480 e. The summed E-state index contributed by atoms with van der Waals surface area (Å²) in [5, 5.41) is 15.3. The van der Waals surface area contributed by atoms with Gasteiger partial charge >= 0.3 is 5.97 Å². The highest BCUT2D eigenvalue weighted by Gasteiger charge is 1.87. The van der Waals surface area contributed by atoms with Gasteiger partial charge in [0.2, 0.25) is 0 Å². The molecule has 0 unspecified atom stereocenters. The summed E-state index contributed by atoms with van der Waals surface area (Å²) in [6.07, 6.45) is 1.14. The molecule has 0 aliphatic carbocycles. The van der Waals surface area contributed by atoms with Crippen LogP contribution in [0.2, 0.25) is 0 Å². The Morgan fingerprint density at radius 3 is 1.67 bits per heavy atom. The standard InChI is InChI=1S/C3H6O3.C3H6O2.C2H4O2/c1-6-2-3(4)5;1-5-3-2-4;3-1-2-4/h2H2,1H3,(H,4,5);2H,3H2,1H3;1,4H,2H2. The Hall–Kier alpha value is -1.31. The van der Waals surface area contributed by atoms with E-state index in [4.69, 9.17) is 15.0 Å². The molecule has 7 nitrogen and oxygen atoms in total. The Labute approximate surface area is 87.6 Å². The number of aliphatic hydroxyl groups is 1. The summed E-state index contributed by atoms with van der Waals surface area (Å²) in [7, 11) is 2.82. The van der Waals surface area contributed by atoms with Gasteiger partial charge in [-0.3, -0.25) is 0 Å². The molecule has 0 saturated carbocycles. The number of hydrogen-bond donors (Lipinski definition) is 2. The molecular weight excluding hydrogens is 208 g/mol. The van der Waals surface area contributed by atoms with Gasteiger partial charge in [-0.15, -0.1) is 0 Å². The van der Waals surface area contributed by atoms with Crippen LogP contribution in [0.3, 0.4) is 0 Å². The first-order valence-corrected chi connectivity index (χ1v) is 3.78. The summed E-state index contributed by atoms with van der Waals surface area (Å²) >= 11 is 0. The van der Waals surface area contributed by atoms with Crippen LogP contribution in [0.15, 0.2) is 0 Å². The maximum atomic E-state index is 9.47. The monoisotopic (exact) mass is 224 g/mol. The van der Waals surface area contributed by atoms with E-state index in [1.807, 2.05) is 0 Å². The Balaban J connectivity index is -0.000000147. The summed E-state index contributed by atoms with van der Waals surface area (Å²) in [6, 6.07) is 0. The average molecular weight is 224 g/mol. The summed E-state index contributed by atoms with van der Waals surface area (Å²) in [5.41, 5.74) is 0. The van der Waals surface area contributed by atoms with Crippen molar-refractivity contribution in [2.24, 2.45) is 0 Å². The van der Waals surface area contributed by atoms with Crippen LogP contribution in [0.4, 0.5) is 0 Å². The van der Waals surface area contributed by atoms with Gasteiger partial charge in [-0.25, -0.2) is 4.79 Å². The molecule has 0 aliphatic rings. The molecule has 0 saturated heterocycles. The smallest absolute Gasteiger partial charge is 0.329 e. The van der Waals surface area contributed by atoms with Crippen molar-refractivity contribution in [3.8, 4) is 0 Å². The minimum absolute atomic E-state index is 0.208. The van der Waals surface area contributed by atoms with E-state index >= 15 is 0 Å². The number of aliphatic carboxylic acids is 1. The van der Waals surface area contributed by atoms with Crippen molar-refractivity contribution < 1.29 is 34.1 Å². The molecule has 0 aromatic heterocycles. The molecule has 0 aliphatic heterocycles. The first-order chi connectivity index (χ1) is 7.10. The fourth-order valence-corrected chi connectivity index (χ4v) is 0.192. The van der Waals surface area contributed by atoms with Gasteiger partial charge in [0.15, 0.2) is 0 Å². The normalized spacial score (nSPS) is 7.40. The predicted octanol–water partition coefficient (Wildman–Crippen LogP) is -1.27. The fraction of sp³-hybridized carbons (Fsp3) is 0.625. The molecule has 0 aromatic carbocycles. The Bertz CT molecular complexity index is 146. The lowest BCUT2D eigenvalue weighted by atomic mass is 10.8. The molecule has 0 radical (unpaired) electrons. The number of carbonyl (C=O) groups is 3. The molecule has 0 aromatic rings. The van der Waals surface area contributed by atoms with Crippen molar-refractivity contribution in [1.82, 2.24) is 0 Å². The molecular formula is C8H16O7. The van der Waals surface area contributed by atoms with Crippen molar-refractivity contribution in [2.75, 3.05) is 34.0 Å². The van der Waals surface area contributed by atoms with Gasteiger partial charge in [0.1, 0.15) is 25.8 Å². The molecule has 2 N–H and O–H groups in total. The van der Waals surface area contributed by atoms with E-state index in [9.17, 15) is 9.59 Å². The van der Waals surface area contributed by atoms with E-state index in [1.54, 1.807) is 0 Å². The number of carboxylic acids is 1. The number of aliphatic hydroxyl groups excluding tert-OH is 1. The third-order valence-electron chi connectivity index (χ3n) is 0.577. The molecule has 7 heteroatoms. The molecule has 0 atom stereocenters.